The van der Waals surface area contributed by atoms with Crippen molar-refractivity contribution in [3.05, 3.63) is 83.4 Å². The zero-order valence-electron chi connectivity index (χ0n) is 26.5. The van der Waals surface area contributed by atoms with Crippen molar-refractivity contribution >= 4 is 29.8 Å². The summed E-state index contributed by atoms with van der Waals surface area (Å²) in [5, 5.41) is 3.06. The lowest BCUT2D eigenvalue weighted by Crippen LogP contribution is -2.36. The highest BCUT2D eigenvalue weighted by molar-refractivity contribution is 6.08. The maximum Gasteiger partial charge on any atom is 0.251 e. The topological polar surface area (TPSA) is 80.3 Å². The number of hydrogen-bond donors (Lipinski definition) is 1. The SMILES string of the molecule is CCCCOCCOc1ccc(-c2ccc3c(c2)C=C(C(=O)Nc2ccc(CN(C)C4CCOCC4)cc2)CCN3C=O)cc1. The first-order valence-electron chi connectivity index (χ1n) is 16.1. The van der Waals surface area contributed by atoms with Gasteiger partial charge < -0.3 is 24.4 Å². The number of anilines is 2. The minimum absolute atomic E-state index is 0.161. The summed E-state index contributed by atoms with van der Waals surface area (Å²) in [7, 11) is 2.16. The van der Waals surface area contributed by atoms with Crippen LogP contribution in [0.1, 0.15) is 50.2 Å². The van der Waals surface area contributed by atoms with Gasteiger partial charge in [0.1, 0.15) is 12.4 Å². The molecule has 45 heavy (non-hydrogen) atoms. The van der Waals surface area contributed by atoms with Crippen LogP contribution in [0.5, 0.6) is 5.75 Å². The Bertz CT molecular complexity index is 1430. The molecule has 8 nitrogen and oxygen atoms in total. The first-order valence-corrected chi connectivity index (χ1v) is 16.1. The summed E-state index contributed by atoms with van der Waals surface area (Å²) in [4.78, 5) is 29.4. The van der Waals surface area contributed by atoms with Crippen molar-refractivity contribution in [2.24, 2.45) is 0 Å². The first-order chi connectivity index (χ1) is 22.0. The van der Waals surface area contributed by atoms with Gasteiger partial charge in [-0.1, -0.05) is 43.7 Å². The van der Waals surface area contributed by atoms with E-state index in [0.717, 1.165) is 92.3 Å². The molecular formula is C37H45N3O5. The monoisotopic (exact) mass is 611 g/mol. The van der Waals surface area contributed by atoms with Gasteiger partial charge in [0.15, 0.2) is 0 Å². The third-order valence-electron chi connectivity index (χ3n) is 8.49. The summed E-state index contributed by atoms with van der Waals surface area (Å²) in [5.74, 6) is 0.629. The van der Waals surface area contributed by atoms with E-state index in [2.05, 4.69) is 36.3 Å². The minimum Gasteiger partial charge on any atom is -0.491 e. The van der Waals surface area contributed by atoms with Crippen LogP contribution in [-0.2, 0) is 25.6 Å². The van der Waals surface area contributed by atoms with Gasteiger partial charge in [-0.3, -0.25) is 14.5 Å². The number of nitrogens with one attached hydrogen (secondary N) is 1. The Morgan fingerprint density at radius 3 is 2.49 bits per heavy atom. The molecule has 0 radical (unpaired) electrons. The summed E-state index contributed by atoms with van der Waals surface area (Å²) >= 11 is 0. The number of rotatable bonds is 14. The lowest BCUT2D eigenvalue weighted by molar-refractivity contribution is -0.113. The predicted octanol–water partition coefficient (Wildman–Crippen LogP) is 6.55. The summed E-state index contributed by atoms with van der Waals surface area (Å²) in [6.07, 6.45) is 7.49. The summed E-state index contributed by atoms with van der Waals surface area (Å²) in [6.45, 7) is 6.92. The van der Waals surface area contributed by atoms with Crippen LogP contribution in [0.3, 0.4) is 0 Å². The quantitative estimate of drug-likeness (QED) is 0.165. The molecule has 2 heterocycles. The van der Waals surface area contributed by atoms with E-state index in [-0.39, 0.29) is 5.91 Å². The molecule has 0 unspecified atom stereocenters. The Hall–Kier alpha value is -3.98. The molecule has 2 aliphatic heterocycles. The molecule has 3 aromatic rings. The van der Waals surface area contributed by atoms with E-state index >= 15 is 0 Å². The fourth-order valence-corrected chi connectivity index (χ4v) is 5.78. The fourth-order valence-electron chi connectivity index (χ4n) is 5.78. The van der Waals surface area contributed by atoms with Crippen molar-refractivity contribution in [1.29, 1.82) is 0 Å². The number of nitrogens with zero attached hydrogens (tertiary/aromatic N) is 2. The van der Waals surface area contributed by atoms with Crippen molar-refractivity contribution in [1.82, 2.24) is 4.90 Å². The van der Waals surface area contributed by atoms with Crippen LogP contribution in [-0.4, -0.2) is 69.9 Å². The second-order valence-corrected chi connectivity index (χ2v) is 11.7. The van der Waals surface area contributed by atoms with Gasteiger partial charge in [0.05, 0.1) is 12.3 Å². The van der Waals surface area contributed by atoms with Gasteiger partial charge in [0.25, 0.3) is 5.91 Å². The summed E-state index contributed by atoms with van der Waals surface area (Å²) in [5.41, 5.74) is 6.22. The number of carbonyl (C=O) groups excluding carboxylic acids is 2. The van der Waals surface area contributed by atoms with Crippen LogP contribution in [0.2, 0.25) is 0 Å². The normalized spacial score (nSPS) is 15.3. The Labute approximate surface area is 267 Å². The number of fused-ring (bicyclic) bond motifs is 1. The van der Waals surface area contributed by atoms with Gasteiger partial charge in [0.2, 0.25) is 6.41 Å². The second-order valence-electron chi connectivity index (χ2n) is 11.7. The second kappa shape index (κ2) is 16.4. The van der Waals surface area contributed by atoms with Gasteiger partial charge in [-0.2, -0.15) is 0 Å². The molecule has 2 amide bonds. The lowest BCUT2D eigenvalue weighted by Gasteiger charge is -2.31. The van der Waals surface area contributed by atoms with E-state index in [1.54, 1.807) is 4.90 Å². The number of ether oxygens (including phenoxy) is 3. The van der Waals surface area contributed by atoms with Crippen LogP contribution in [0.15, 0.2) is 72.3 Å². The lowest BCUT2D eigenvalue weighted by atomic mass is 10.00. The van der Waals surface area contributed by atoms with Crippen molar-refractivity contribution in [2.75, 3.05) is 56.8 Å². The van der Waals surface area contributed by atoms with Gasteiger partial charge in [0, 0.05) is 50.2 Å². The zero-order chi connectivity index (χ0) is 31.4. The molecule has 1 N–H and O–H groups in total. The standard InChI is InChI=1S/C37H45N3O5/c1-3-4-19-43-22-23-45-35-12-7-29(8-13-35)30-9-14-36-32(24-30)25-31(15-18-40(36)27-41)37(42)38-33-10-5-28(6-11-33)26-39(2)34-16-20-44-21-17-34/h5-14,24-25,27,34H,3-4,15-23,26H2,1-2H3,(H,38,42). The zero-order valence-corrected chi connectivity index (χ0v) is 26.5. The Morgan fingerprint density at radius 2 is 1.76 bits per heavy atom. The molecule has 0 aromatic heterocycles. The van der Waals surface area contributed by atoms with Crippen LogP contribution < -0.4 is 15.0 Å². The van der Waals surface area contributed by atoms with E-state index < -0.39 is 0 Å². The molecule has 1 fully saturated rings. The molecule has 3 aromatic carbocycles. The molecule has 0 atom stereocenters. The van der Waals surface area contributed by atoms with Crippen molar-refractivity contribution < 1.29 is 23.8 Å². The molecule has 8 heteroatoms. The van der Waals surface area contributed by atoms with Crippen molar-refractivity contribution in [2.45, 2.75) is 51.6 Å². The van der Waals surface area contributed by atoms with E-state index in [4.69, 9.17) is 14.2 Å². The number of amides is 2. The van der Waals surface area contributed by atoms with Crippen LogP contribution in [0.25, 0.3) is 17.2 Å². The van der Waals surface area contributed by atoms with Gasteiger partial charge in [-0.25, -0.2) is 0 Å². The first kappa shape index (κ1) is 32.4. The maximum atomic E-state index is 13.4. The number of unbranched alkanes of at least 4 members (excludes halogenated alkanes) is 1. The third kappa shape index (κ3) is 9.03. The third-order valence-corrected chi connectivity index (χ3v) is 8.49. The highest BCUT2D eigenvalue weighted by Crippen LogP contribution is 2.33. The van der Waals surface area contributed by atoms with Gasteiger partial charge in [-0.05, 0) is 97.5 Å². The Morgan fingerprint density at radius 1 is 1.00 bits per heavy atom. The average Bonchev–Trinajstić information content (AvgIpc) is 3.27. The van der Waals surface area contributed by atoms with Crippen LogP contribution >= 0.6 is 0 Å². The molecule has 5 rings (SSSR count). The van der Waals surface area contributed by atoms with E-state index in [1.807, 2.05) is 60.7 Å². The molecule has 238 valence electrons. The molecule has 0 aliphatic carbocycles. The maximum absolute atomic E-state index is 13.4. The highest BCUT2D eigenvalue weighted by Gasteiger charge is 2.21. The van der Waals surface area contributed by atoms with Gasteiger partial charge in [-0.15, -0.1) is 0 Å². The summed E-state index contributed by atoms with van der Waals surface area (Å²) in [6, 6.07) is 22.5. The highest BCUT2D eigenvalue weighted by atomic mass is 16.5. The smallest absolute Gasteiger partial charge is 0.251 e. The molecule has 1 saturated heterocycles. The molecule has 0 bridgehead atoms. The number of benzene rings is 3. The van der Waals surface area contributed by atoms with Gasteiger partial charge >= 0.3 is 0 Å². The minimum atomic E-state index is -0.161. The average molecular weight is 612 g/mol. The van der Waals surface area contributed by atoms with E-state index in [1.165, 1.54) is 5.56 Å². The summed E-state index contributed by atoms with van der Waals surface area (Å²) < 4.78 is 16.9. The Kier molecular flexibility index (Phi) is 11.8. The molecular weight excluding hydrogens is 566 g/mol. The molecule has 0 saturated carbocycles. The largest absolute Gasteiger partial charge is 0.491 e. The predicted molar refractivity (Wildman–Crippen MR) is 179 cm³/mol. The number of hydrogen-bond acceptors (Lipinski definition) is 6. The van der Waals surface area contributed by atoms with Crippen LogP contribution in [0.4, 0.5) is 11.4 Å². The van der Waals surface area contributed by atoms with Crippen molar-refractivity contribution in [3.63, 3.8) is 0 Å². The van der Waals surface area contributed by atoms with Crippen molar-refractivity contribution in [3.8, 4) is 16.9 Å². The van der Waals surface area contributed by atoms with E-state index in [9.17, 15) is 9.59 Å². The fraction of sp³-hybridized carbons (Fsp3) is 0.405. The van der Waals surface area contributed by atoms with Crippen LogP contribution in [0, 0.1) is 0 Å². The molecule has 0 spiro atoms. The Balaban J connectivity index is 1.23. The van der Waals surface area contributed by atoms with E-state index in [0.29, 0.717) is 37.8 Å². The number of carbonyl (C=O) groups is 2. The molecule has 2 aliphatic rings.